The normalized spacial score (nSPS) is 12.9. The van der Waals surface area contributed by atoms with Gasteiger partial charge in [-0.15, -0.1) is 0 Å². The number of nitrogens with one attached hydrogen (secondary N) is 1. The van der Waals surface area contributed by atoms with Crippen molar-refractivity contribution in [1.82, 2.24) is 14.7 Å². The molecule has 6 heteroatoms. The van der Waals surface area contributed by atoms with Crippen molar-refractivity contribution in [2.75, 3.05) is 6.54 Å². The van der Waals surface area contributed by atoms with Gasteiger partial charge in [0.2, 0.25) is 0 Å². The molecular formula is C26H25N3O3. The molecule has 3 heterocycles. The Morgan fingerprint density at radius 3 is 2.59 bits per heavy atom. The van der Waals surface area contributed by atoms with E-state index in [1.54, 1.807) is 17.5 Å². The standard InChI is InChI=1S/C26H25N3O3/c1-15(2)10-12-28-25(30)16(3)32-17-8-9-22-21(14-17)19-11-13-27-23-18-6-4-5-7-20(18)26(31)29(22)24(19)23/h4-9,11,13-16H,10,12H2,1-3H3,(H,28,30). The molecule has 3 aromatic heterocycles. The van der Waals surface area contributed by atoms with E-state index in [0.29, 0.717) is 23.6 Å². The van der Waals surface area contributed by atoms with Crippen LogP contribution < -0.4 is 15.6 Å². The van der Waals surface area contributed by atoms with E-state index in [2.05, 4.69) is 24.1 Å². The molecule has 5 rings (SSSR count). The second kappa shape index (κ2) is 7.79. The van der Waals surface area contributed by atoms with Gasteiger partial charge in [-0.25, -0.2) is 0 Å². The number of nitrogens with zero attached hydrogens (tertiary/aromatic N) is 2. The lowest BCUT2D eigenvalue weighted by Crippen LogP contribution is -2.37. The van der Waals surface area contributed by atoms with Gasteiger partial charge < -0.3 is 10.1 Å². The zero-order valence-electron chi connectivity index (χ0n) is 18.4. The summed E-state index contributed by atoms with van der Waals surface area (Å²) in [5.74, 6) is 0.982. The van der Waals surface area contributed by atoms with E-state index in [1.807, 2.05) is 48.5 Å². The monoisotopic (exact) mass is 427 g/mol. The number of carbonyl (C=O) groups excluding carboxylic acids is 1. The lowest BCUT2D eigenvalue weighted by molar-refractivity contribution is -0.127. The number of aromatic nitrogens is 2. The van der Waals surface area contributed by atoms with Gasteiger partial charge in [0, 0.05) is 34.3 Å². The molecule has 1 atom stereocenters. The van der Waals surface area contributed by atoms with Crippen LogP contribution in [0.1, 0.15) is 27.2 Å². The second-order valence-electron chi connectivity index (χ2n) is 8.65. The number of amides is 1. The molecule has 1 unspecified atom stereocenters. The minimum Gasteiger partial charge on any atom is -0.481 e. The Labute approximate surface area is 185 Å². The number of fused-ring (bicyclic) bond motifs is 5. The van der Waals surface area contributed by atoms with Crippen molar-refractivity contribution in [2.45, 2.75) is 33.3 Å². The summed E-state index contributed by atoms with van der Waals surface area (Å²) in [7, 11) is 0. The third-order valence-electron chi connectivity index (χ3n) is 5.97. The third-order valence-corrected chi connectivity index (χ3v) is 5.97. The van der Waals surface area contributed by atoms with E-state index in [1.165, 1.54) is 0 Å². The Bertz CT molecular complexity index is 1520. The predicted molar refractivity (Wildman–Crippen MR) is 128 cm³/mol. The minimum atomic E-state index is -0.619. The number of benzene rings is 2. The van der Waals surface area contributed by atoms with Gasteiger partial charge in [-0.2, -0.15) is 0 Å². The van der Waals surface area contributed by atoms with E-state index in [0.717, 1.165) is 39.1 Å². The zero-order chi connectivity index (χ0) is 22.4. The van der Waals surface area contributed by atoms with Gasteiger partial charge in [-0.1, -0.05) is 32.0 Å². The summed E-state index contributed by atoms with van der Waals surface area (Å²) in [5.41, 5.74) is 2.35. The summed E-state index contributed by atoms with van der Waals surface area (Å²) in [5, 5.41) is 6.25. The number of rotatable bonds is 6. The maximum Gasteiger partial charge on any atom is 0.263 e. The molecule has 0 saturated carbocycles. The molecule has 0 radical (unpaired) electrons. The molecule has 1 amide bonds. The number of ether oxygens (including phenoxy) is 1. The summed E-state index contributed by atoms with van der Waals surface area (Å²) in [4.78, 5) is 30.3. The fraction of sp³-hybridized carbons (Fsp3) is 0.269. The van der Waals surface area contributed by atoms with Crippen molar-refractivity contribution in [2.24, 2.45) is 5.92 Å². The zero-order valence-corrected chi connectivity index (χ0v) is 18.4. The van der Waals surface area contributed by atoms with Crippen molar-refractivity contribution in [3.8, 4) is 5.75 Å². The molecule has 0 spiro atoms. The molecular weight excluding hydrogens is 402 g/mol. The largest absolute Gasteiger partial charge is 0.481 e. The van der Waals surface area contributed by atoms with Gasteiger partial charge in [0.05, 0.1) is 16.6 Å². The summed E-state index contributed by atoms with van der Waals surface area (Å²) in [6.07, 6.45) is 2.08. The van der Waals surface area contributed by atoms with E-state index in [-0.39, 0.29) is 11.5 Å². The molecule has 32 heavy (non-hydrogen) atoms. The SMILES string of the molecule is CC(C)CCNC(=O)C(C)Oc1ccc2c(c1)c1ccnc3c4ccccc4c(=O)n2c13. The molecule has 2 aromatic carbocycles. The second-order valence-corrected chi connectivity index (χ2v) is 8.65. The Kier molecular flexibility index (Phi) is 4.93. The average Bonchev–Trinajstić information content (AvgIpc) is 3.12. The summed E-state index contributed by atoms with van der Waals surface area (Å²) >= 11 is 0. The maximum atomic E-state index is 13.3. The van der Waals surface area contributed by atoms with E-state index in [4.69, 9.17) is 4.74 Å². The highest BCUT2D eigenvalue weighted by molar-refractivity contribution is 6.18. The average molecular weight is 428 g/mol. The van der Waals surface area contributed by atoms with Gasteiger partial charge in [0.15, 0.2) is 6.10 Å². The first kappa shape index (κ1) is 20.2. The molecule has 162 valence electrons. The molecule has 0 aliphatic heterocycles. The van der Waals surface area contributed by atoms with Crippen molar-refractivity contribution in [3.05, 3.63) is 65.1 Å². The van der Waals surface area contributed by atoms with Crippen LogP contribution in [-0.2, 0) is 4.79 Å². The Morgan fingerprint density at radius 2 is 1.81 bits per heavy atom. The van der Waals surface area contributed by atoms with E-state index < -0.39 is 6.10 Å². The van der Waals surface area contributed by atoms with Crippen molar-refractivity contribution >= 4 is 44.0 Å². The van der Waals surface area contributed by atoms with Crippen LogP contribution in [0.25, 0.3) is 38.1 Å². The summed E-state index contributed by atoms with van der Waals surface area (Å²) in [6.45, 7) is 6.63. The summed E-state index contributed by atoms with van der Waals surface area (Å²) in [6, 6.07) is 15.1. The third kappa shape index (κ3) is 3.23. The van der Waals surface area contributed by atoms with Crippen LogP contribution in [0.3, 0.4) is 0 Å². The summed E-state index contributed by atoms with van der Waals surface area (Å²) < 4.78 is 7.68. The Morgan fingerprint density at radius 1 is 1.03 bits per heavy atom. The number of hydrogen-bond donors (Lipinski definition) is 1. The molecule has 0 fully saturated rings. The molecule has 1 N–H and O–H groups in total. The van der Waals surface area contributed by atoms with Gasteiger partial charge >= 0.3 is 0 Å². The molecule has 6 nitrogen and oxygen atoms in total. The fourth-order valence-corrected chi connectivity index (χ4v) is 4.31. The Balaban J connectivity index is 1.58. The van der Waals surface area contributed by atoms with Crippen LogP contribution in [0.5, 0.6) is 5.75 Å². The number of hydrogen-bond acceptors (Lipinski definition) is 4. The van der Waals surface area contributed by atoms with Crippen LogP contribution in [0, 0.1) is 5.92 Å². The van der Waals surface area contributed by atoms with Crippen molar-refractivity contribution in [1.29, 1.82) is 0 Å². The van der Waals surface area contributed by atoms with Gasteiger partial charge in [-0.05, 0) is 49.6 Å². The number of carbonyl (C=O) groups is 1. The van der Waals surface area contributed by atoms with E-state index >= 15 is 0 Å². The van der Waals surface area contributed by atoms with Crippen LogP contribution >= 0.6 is 0 Å². The fourth-order valence-electron chi connectivity index (χ4n) is 4.31. The predicted octanol–water partition coefficient (Wildman–Crippen LogP) is 4.52. The lowest BCUT2D eigenvalue weighted by atomic mass is 10.1. The number of pyridine rings is 2. The van der Waals surface area contributed by atoms with Crippen LogP contribution in [0.4, 0.5) is 0 Å². The van der Waals surface area contributed by atoms with Crippen LogP contribution in [0.2, 0.25) is 0 Å². The van der Waals surface area contributed by atoms with Gasteiger partial charge in [-0.3, -0.25) is 19.0 Å². The Hall–Kier alpha value is -3.67. The molecule has 0 aliphatic rings. The van der Waals surface area contributed by atoms with Gasteiger partial charge in [0.1, 0.15) is 5.75 Å². The van der Waals surface area contributed by atoms with Crippen molar-refractivity contribution in [3.63, 3.8) is 0 Å². The van der Waals surface area contributed by atoms with Gasteiger partial charge in [0.25, 0.3) is 11.5 Å². The smallest absolute Gasteiger partial charge is 0.263 e. The quantitative estimate of drug-likeness (QED) is 0.404. The molecule has 0 saturated heterocycles. The first-order valence-electron chi connectivity index (χ1n) is 11.0. The first-order valence-corrected chi connectivity index (χ1v) is 11.0. The van der Waals surface area contributed by atoms with Crippen LogP contribution in [0.15, 0.2) is 59.5 Å². The highest BCUT2D eigenvalue weighted by atomic mass is 16.5. The topological polar surface area (TPSA) is 72.7 Å². The molecule has 0 aliphatic carbocycles. The molecule has 5 aromatic rings. The van der Waals surface area contributed by atoms with Crippen LogP contribution in [-0.4, -0.2) is 27.9 Å². The van der Waals surface area contributed by atoms with E-state index in [9.17, 15) is 9.59 Å². The lowest BCUT2D eigenvalue weighted by Gasteiger charge is -2.15. The first-order chi connectivity index (χ1) is 15.5. The highest BCUT2D eigenvalue weighted by Crippen LogP contribution is 2.34. The van der Waals surface area contributed by atoms with Crippen molar-refractivity contribution < 1.29 is 9.53 Å². The maximum absolute atomic E-state index is 13.3. The molecule has 0 bridgehead atoms. The minimum absolute atomic E-state index is 0.0623. The highest BCUT2D eigenvalue weighted by Gasteiger charge is 2.19.